The van der Waals surface area contributed by atoms with Gasteiger partial charge in [-0.25, -0.2) is 0 Å². The van der Waals surface area contributed by atoms with E-state index < -0.39 is 0 Å². The number of hydrogen-bond acceptors (Lipinski definition) is 3. The van der Waals surface area contributed by atoms with Gasteiger partial charge in [-0.3, -0.25) is 4.99 Å². The Morgan fingerprint density at radius 2 is 2.06 bits per heavy atom. The van der Waals surface area contributed by atoms with Crippen LogP contribution >= 0.6 is 11.8 Å². The number of thioether (sulfide) groups is 1. The minimum Gasteiger partial charge on any atom is -0.362 e. The first-order chi connectivity index (χ1) is 8.74. The molecule has 1 aliphatic carbocycles. The molecule has 18 heavy (non-hydrogen) atoms. The fraction of sp³-hybridized carbons (Fsp3) is 0.533. The Balaban J connectivity index is 1.56. The number of amidine groups is 1. The van der Waals surface area contributed by atoms with Crippen LogP contribution in [-0.4, -0.2) is 23.0 Å². The van der Waals surface area contributed by atoms with E-state index in [0.717, 1.165) is 10.9 Å². The second kappa shape index (κ2) is 4.96. The molecule has 0 spiro atoms. The minimum absolute atomic E-state index is 0.506. The Bertz CT molecular complexity index is 441. The minimum atomic E-state index is 0.506. The van der Waals surface area contributed by atoms with Crippen LogP contribution in [0.3, 0.4) is 0 Å². The van der Waals surface area contributed by atoms with Gasteiger partial charge < -0.3 is 5.32 Å². The molecule has 3 atom stereocenters. The summed E-state index contributed by atoms with van der Waals surface area (Å²) in [5.74, 6) is 2.48. The molecule has 0 aromatic heterocycles. The summed E-state index contributed by atoms with van der Waals surface area (Å²) in [6, 6.07) is 11.9. The van der Waals surface area contributed by atoms with Crippen LogP contribution in [-0.2, 0) is 0 Å². The standard InChI is InChI=1S/C15H20N2S/c1-10(2)14-9-18-15(17-14)16-13-8-12(13)11-6-4-3-5-7-11/h3-7,10,12-14H,8-9H2,1-2H3,(H,16,17). The zero-order valence-electron chi connectivity index (χ0n) is 11.0. The normalized spacial score (nSPS) is 30.4. The fourth-order valence-corrected chi connectivity index (χ4v) is 3.62. The predicted molar refractivity (Wildman–Crippen MR) is 79.2 cm³/mol. The number of nitrogens with one attached hydrogen (secondary N) is 1. The van der Waals surface area contributed by atoms with Crippen molar-refractivity contribution in [1.29, 1.82) is 0 Å². The Labute approximate surface area is 113 Å². The van der Waals surface area contributed by atoms with Crippen LogP contribution in [0.1, 0.15) is 31.7 Å². The van der Waals surface area contributed by atoms with Gasteiger partial charge in [0.1, 0.15) is 0 Å². The molecule has 3 unspecified atom stereocenters. The molecule has 96 valence electrons. The van der Waals surface area contributed by atoms with Gasteiger partial charge in [-0.2, -0.15) is 0 Å². The van der Waals surface area contributed by atoms with Gasteiger partial charge >= 0.3 is 0 Å². The van der Waals surface area contributed by atoms with Gasteiger partial charge in [0.15, 0.2) is 5.17 Å². The molecule has 2 aliphatic rings. The first-order valence-electron chi connectivity index (χ1n) is 6.76. The van der Waals surface area contributed by atoms with E-state index in [-0.39, 0.29) is 0 Å². The molecule has 1 aromatic carbocycles. The lowest BCUT2D eigenvalue weighted by Gasteiger charge is -2.08. The average Bonchev–Trinajstić information content (AvgIpc) is 2.97. The molecule has 0 radical (unpaired) electrons. The predicted octanol–water partition coefficient (Wildman–Crippen LogP) is 3.26. The Hall–Kier alpha value is -0.960. The summed E-state index contributed by atoms with van der Waals surface area (Å²) in [6.07, 6.45) is 1.25. The third-order valence-corrected chi connectivity index (χ3v) is 4.78. The highest BCUT2D eigenvalue weighted by Gasteiger charge is 2.39. The Kier molecular flexibility index (Phi) is 3.33. The summed E-state index contributed by atoms with van der Waals surface area (Å²) in [7, 11) is 0. The van der Waals surface area contributed by atoms with Crippen LogP contribution in [0, 0.1) is 5.92 Å². The van der Waals surface area contributed by atoms with Gasteiger partial charge in [-0.05, 0) is 17.9 Å². The fourth-order valence-electron chi connectivity index (χ4n) is 2.39. The number of rotatable bonds is 3. The molecular weight excluding hydrogens is 240 g/mol. The zero-order chi connectivity index (χ0) is 12.5. The lowest BCUT2D eigenvalue weighted by atomic mass is 10.1. The monoisotopic (exact) mass is 260 g/mol. The lowest BCUT2D eigenvalue weighted by Crippen LogP contribution is -2.22. The SMILES string of the molecule is CC(C)C1CSC(NC2CC2c2ccccc2)=N1. The molecule has 0 bridgehead atoms. The van der Waals surface area contributed by atoms with E-state index in [4.69, 9.17) is 4.99 Å². The van der Waals surface area contributed by atoms with Crippen molar-refractivity contribution >= 4 is 16.9 Å². The van der Waals surface area contributed by atoms with Gasteiger partial charge in [0, 0.05) is 17.7 Å². The summed E-state index contributed by atoms with van der Waals surface area (Å²) < 4.78 is 0. The maximum Gasteiger partial charge on any atom is 0.157 e. The Morgan fingerprint density at radius 1 is 1.28 bits per heavy atom. The van der Waals surface area contributed by atoms with E-state index in [0.29, 0.717) is 23.9 Å². The lowest BCUT2D eigenvalue weighted by molar-refractivity contribution is 0.542. The van der Waals surface area contributed by atoms with Crippen LogP contribution in [0.2, 0.25) is 0 Å². The highest BCUT2D eigenvalue weighted by Crippen LogP contribution is 2.41. The molecule has 0 amide bonds. The summed E-state index contributed by atoms with van der Waals surface area (Å²) in [4.78, 5) is 4.76. The Morgan fingerprint density at radius 3 is 2.72 bits per heavy atom. The van der Waals surface area contributed by atoms with E-state index in [1.54, 1.807) is 0 Å². The van der Waals surface area contributed by atoms with E-state index in [9.17, 15) is 0 Å². The highest BCUT2D eigenvalue weighted by atomic mass is 32.2. The van der Waals surface area contributed by atoms with E-state index >= 15 is 0 Å². The number of hydrogen-bond donors (Lipinski definition) is 1. The zero-order valence-corrected chi connectivity index (χ0v) is 11.8. The third kappa shape index (κ3) is 2.56. The van der Waals surface area contributed by atoms with E-state index in [1.165, 1.54) is 12.0 Å². The molecular formula is C15H20N2S. The quantitative estimate of drug-likeness (QED) is 0.902. The summed E-state index contributed by atoms with van der Waals surface area (Å²) in [6.45, 7) is 4.50. The van der Waals surface area contributed by atoms with Crippen LogP contribution in [0.25, 0.3) is 0 Å². The number of nitrogens with zero attached hydrogens (tertiary/aromatic N) is 1. The molecule has 2 nitrogen and oxygen atoms in total. The summed E-state index contributed by atoms with van der Waals surface area (Å²) >= 11 is 1.88. The van der Waals surface area contributed by atoms with Crippen LogP contribution in [0.15, 0.2) is 35.3 Å². The molecule has 0 saturated heterocycles. The second-order valence-electron chi connectivity index (χ2n) is 5.56. The number of benzene rings is 1. The molecule has 1 N–H and O–H groups in total. The molecule has 1 aromatic rings. The molecule has 1 saturated carbocycles. The smallest absolute Gasteiger partial charge is 0.157 e. The van der Waals surface area contributed by atoms with Gasteiger partial charge in [-0.15, -0.1) is 0 Å². The molecule has 1 heterocycles. The first-order valence-corrected chi connectivity index (χ1v) is 7.74. The maximum atomic E-state index is 4.76. The first kappa shape index (κ1) is 12.1. The molecule has 3 heteroatoms. The van der Waals surface area contributed by atoms with Crippen LogP contribution in [0.4, 0.5) is 0 Å². The van der Waals surface area contributed by atoms with Crippen molar-refractivity contribution < 1.29 is 0 Å². The van der Waals surface area contributed by atoms with Crippen molar-refractivity contribution in [2.45, 2.75) is 38.3 Å². The molecule has 3 rings (SSSR count). The van der Waals surface area contributed by atoms with Crippen molar-refractivity contribution in [3.05, 3.63) is 35.9 Å². The molecule has 1 aliphatic heterocycles. The molecule has 1 fully saturated rings. The summed E-state index contributed by atoms with van der Waals surface area (Å²) in [5.41, 5.74) is 1.46. The third-order valence-electron chi connectivity index (χ3n) is 3.77. The summed E-state index contributed by atoms with van der Waals surface area (Å²) in [5, 5.41) is 4.76. The average molecular weight is 260 g/mol. The largest absolute Gasteiger partial charge is 0.362 e. The topological polar surface area (TPSA) is 24.4 Å². The van der Waals surface area contributed by atoms with Gasteiger partial charge in [0.2, 0.25) is 0 Å². The maximum absolute atomic E-state index is 4.76. The van der Waals surface area contributed by atoms with Crippen molar-refractivity contribution in [1.82, 2.24) is 5.32 Å². The van der Waals surface area contributed by atoms with E-state index in [2.05, 4.69) is 49.5 Å². The van der Waals surface area contributed by atoms with E-state index in [1.807, 2.05) is 11.8 Å². The number of aliphatic imine (C=N–C) groups is 1. The van der Waals surface area contributed by atoms with Gasteiger partial charge in [-0.1, -0.05) is 55.9 Å². The van der Waals surface area contributed by atoms with Gasteiger partial charge in [0.25, 0.3) is 0 Å². The van der Waals surface area contributed by atoms with Crippen molar-refractivity contribution in [3.63, 3.8) is 0 Å². The van der Waals surface area contributed by atoms with Crippen LogP contribution in [0.5, 0.6) is 0 Å². The van der Waals surface area contributed by atoms with Gasteiger partial charge in [0.05, 0.1) is 6.04 Å². The van der Waals surface area contributed by atoms with Crippen molar-refractivity contribution in [2.75, 3.05) is 5.75 Å². The van der Waals surface area contributed by atoms with Crippen LogP contribution < -0.4 is 5.32 Å². The van der Waals surface area contributed by atoms with Crippen molar-refractivity contribution in [3.8, 4) is 0 Å². The van der Waals surface area contributed by atoms with Crippen molar-refractivity contribution in [2.24, 2.45) is 10.9 Å². The highest BCUT2D eigenvalue weighted by molar-refractivity contribution is 8.14. The second-order valence-corrected chi connectivity index (χ2v) is 6.57.